The molecule has 1 amide bonds. The Hall–Kier alpha value is -2.08. The fourth-order valence-corrected chi connectivity index (χ4v) is 4.87. The lowest BCUT2D eigenvalue weighted by molar-refractivity contribution is -0.139. The van der Waals surface area contributed by atoms with E-state index in [4.69, 9.17) is 9.29 Å². The van der Waals surface area contributed by atoms with Gasteiger partial charge in [-0.2, -0.15) is 8.42 Å². The number of hydrogen-bond donors (Lipinski definition) is 1. The molecule has 0 unspecified atom stereocenters. The second-order valence-corrected chi connectivity index (χ2v) is 11.0. The van der Waals surface area contributed by atoms with Crippen LogP contribution in [0.4, 0.5) is 8.78 Å². The number of carbonyl (C=O) groups is 1. The van der Waals surface area contributed by atoms with Crippen molar-refractivity contribution in [3.63, 3.8) is 0 Å². The van der Waals surface area contributed by atoms with Crippen LogP contribution in [0.5, 0.6) is 5.75 Å². The Balaban J connectivity index is 1.60. The van der Waals surface area contributed by atoms with Gasteiger partial charge >= 0.3 is 0 Å². The second kappa shape index (κ2) is 11.1. The number of hydrogen-bond acceptors (Lipinski definition) is 5. The van der Waals surface area contributed by atoms with Gasteiger partial charge in [0.25, 0.3) is 16.0 Å². The van der Waals surface area contributed by atoms with Gasteiger partial charge in [-0.3, -0.25) is 14.2 Å². The van der Waals surface area contributed by atoms with Gasteiger partial charge in [0.1, 0.15) is 5.75 Å². The summed E-state index contributed by atoms with van der Waals surface area (Å²) in [6.07, 6.45) is 0.0396. The predicted molar refractivity (Wildman–Crippen MR) is 127 cm³/mol. The van der Waals surface area contributed by atoms with Crippen molar-refractivity contribution >= 4 is 32.0 Å². The van der Waals surface area contributed by atoms with E-state index in [2.05, 4.69) is 20.8 Å². The Labute approximate surface area is 206 Å². The van der Waals surface area contributed by atoms with E-state index in [1.807, 2.05) is 13.8 Å². The second-order valence-electron chi connectivity index (χ2n) is 8.50. The summed E-state index contributed by atoms with van der Waals surface area (Å²) in [5.74, 6) is -2.06. The Morgan fingerprint density at radius 1 is 1.12 bits per heavy atom. The Morgan fingerprint density at radius 2 is 1.85 bits per heavy atom. The first kappa shape index (κ1) is 26.5. The minimum absolute atomic E-state index is 0.00809. The minimum Gasteiger partial charge on any atom is -0.483 e. The lowest BCUT2D eigenvalue weighted by Gasteiger charge is -2.44. The first-order valence-corrected chi connectivity index (χ1v) is 13.2. The third kappa shape index (κ3) is 7.21. The van der Waals surface area contributed by atoms with E-state index in [-0.39, 0.29) is 31.0 Å². The van der Waals surface area contributed by atoms with Gasteiger partial charge in [0.2, 0.25) is 0 Å². The molecule has 11 heteroatoms. The van der Waals surface area contributed by atoms with Crippen LogP contribution < -0.4 is 4.74 Å². The van der Waals surface area contributed by atoms with Gasteiger partial charge in [-0.25, -0.2) is 8.78 Å². The fourth-order valence-electron chi connectivity index (χ4n) is 3.98. The summed E-state index contributed by atoms with van der Waals surface area (Å²) < 4.78 is 64.5. The Morgan fingerprint density at radius 3 is 2.53 bits per heavy atom. The lowest BCUT2D eigenvalue weighted by atomic mass is 10.1. The maximum absolute atomic E-state index is 13.6. The molecule has 1 N–H and O–H groups in total. The summed E-state index contributed by atoms with van der Waals surface area (Å²) in [6, 6.07) is 8.78. The van der Waals surface area contributed by atoms with Crippen molar-refractivity contribution in [1.29, 1.82) is 0 Å². The van der Waals surface area contributed by atoms with Crippen LogP contribution in [-0.2, 0) is 27.9 Å². The number of amides is 1. The zero-order chi connectivity index (χ0) is 25.0. The molecule has 3 rings (SSSR count). The topological polar surface area (TPSA) is 87.2 Å². The molecule has 1 aliphatic rings. The number of aryl methyl sites for hydroxylation is 1. The molecule has 2 aromatic carbocycles. The SMILES string of the molecule is C[C@@H]1CN(Cc2ccc(F)c(F)c2)[C@@H](C)CN1C(=O)COc1ccc(Br)cc1CCS(=O)(=O)O. The summed E-state index contributed by atoms with van der Waals surface area (Å²) in [6.45, 7) is 5.11. The van der Waals surface area contributed by atoms with Gasteiger partial charge in [-0.15, -0.1) is 0 Å². The molecule has 0 bridgehead atoms. The summed E-state index contributed by atoms with van der Waals surface area (Å²) >= 11 is 3.32. The number of rotatable bonds is 8. The normalized spacial score (nSPS) is 19.3. The van der Waals surface area contributed by atoms with E-state index < -0.39 is 27.5 Å². The van der Waals surface area contributed by atoms with Crippen molar-refractivity contribution in [3.05, 3.63) is 63.6 Å². The van der Waals surface area contributed by atoms with Crippen LogP contribution in [0.1, 0.15) is 25.0 Å². The molecule has 1 saturated heterocycles. The first-order valence-electron chi connectivity index (χ1n) is 10.8. The highest BCUT2D eigenvalue weighted by Gasteiger charge is 2.32. The molecule has 7 nitrogen and oxygen atoms in total. The number of benzene rings is 2. The summed E-state index contributed by atoms with van der Waals surface area (Å²) in [7, 11) is -4.14. The van der Waals surface area contributed by atoms with Crippen LogP contribution in [0, 0.1) is 11.6 Å². The molecule has 1 aliphatic heterocycles. The van der Waals surface area contributed by atoms with Gasteiger partial charge in [0, 0.05) is 36.2 Å². The molecule has 0 spiro atoms. The zero-order valence-electron chi connectivity index (χ0n) is 18.9. The van der Waals surface area contributed by atoms with Gasteiger partial charge in [-0.05, 0) is 61.7 Å². The molecule has 0 aromatic heterocycles. The van der Waals surface area contributed by atoms with E-state index >= 15 is 0 Å². The largest absolute Gasteiger partial charge is 0.483 e. The molecule has 34 heavy (non-hydrogen) atoms. The monoisotopic (exact) mass is 560 g/mol. The predicted octanol–water partition coefficient (Wildman–Crippen LogP) is 3.66. The minimum atomic E-state index is -4.14. The van der Waals surface area contributed by atoms with Crippen molar-refractivity contribution in [2.45, 2.75) is 38.9 Å². The average Bonchev–Trinajstić information content (AvgIpc) is 2.75. The van der Waals surface area contributed by atoms with Gasteiger partial charge in [-0.1, -0.05) is 22.0 Å². The first-order chi connectivity index (χ1) is 15.9. The summed E-state index contributed by atoms with van der Waals surface area (Å²) in [5, 5.41) is 0. The third-order valence-corrected chi connectivity index (χ3v) is 7.02. The maximum Gasteiger partial charge on any atom is 0.265 e. The molecule has 0 radical (unpaired) electrons. The summed E-state index contributed by atoms with van der Waals surface area (Å²) in [5.41, 5.74) is 1.21. The highest BCUT2D eigenvalue weighted by atomic mass is 79.9. The van der Waals surface area contributed by atoms with E-state index in [9.17, 15) is 22.0 Å². The highest BCUT2D eigenvalue weighted by Crippen LogP contribution is 2.25. The van der Waals surface area contributed by atoms with E-state index in [1.54, 1.807) is 29.2 Å². The molecule has 2 aromatic rings. The van der Waals surface area contributed by atoms with Crippen LogP contribution in [0.25, 0.3) is 0 Å². The number of carbonyl (C=O) groups excluding carboxylic acids is 1. The van der Waals surface area contributed by atoms with E-state index in [0.717, 1.165) is 10.5 Å². The smallest absolute Gasteiger partial charge is 0.265 e. The fraction of sp³-hybridized carbons (Fsp3) is 0.435. The van der Waals surface area contributed by atoms with Gasteiger partial charge in [0.15, 0.2) is 18.2 Å². The van der Waals surface area contributed by atoms with E-state index in [1.165, 1.54) is 6.07 Å². The number of nitrogens with zero attached hydrogens (tertiary/aromatic N) is 2. The van der Waals surface area contributed by atoms with Crippen molar-refractivity contribution in [1.82, 2.24) is 9.80 Å². The van der Waals surface area contributed by atoms with Crippen molar-refractivity contribution in [3.8, 4) is 5.75 Å². The standard InChI is InChI=1S/C23H27BrF2N2O5S/c1-15-12-28(16(2)11-27(15)13-17-3-5-20(25)21(26)9-17)23(29)14-33-22-6-4-19(24)10-18(22)7-8-34(30,31)32/h3-6,9-10,15-16H,7-8,11-14H2,1-2H3,(H,30,31,32)/t15-,16+/m0/s1. The van der Waals surface area contributed by atoms with Crippen molar-refractivity contribution in [2.24, 2.45) is 0 Å². The number of halogens is 3. The molecule has 186 valence electrons. The van der Waals surface area contributed by atoms with E-state index in [0.29, 0.717) is 36.5 Å². The molecule has 0 saturated carbocycles. The van der Waals surface area contributed by atoms with Gasteiger partial charge in [0.05, 0.1) is 5.75 Å². The van der Waals surface area contributed by atoms with Crippen molar-refractivity contribution in [2.75, 3.05) is 25.4 Å². The van der Waals surface area contributed by atoms with Crippen LogP contribution in [0.15, 0.2) is 40.9 Å². The number of piperazine rings is 1. The van der Waals surface area contributed by atoms with Crippen LogP contribution in [0.2, 0.25) is 0 Å². The maximum atomic E-state index is 13.6. The third-order valence-electron chi connectivity index (χ3n) is 5.81. The Kier molecular flexibility index (Phi) is 8.66. The Bertz CT molecular complexity index is 1150. The highest BCUT2D eigenvalue weighted by molar-refractivity contribution is 9.10. The molecular weight excluding hydrogens is 534 g/mol. The van der Waals surface area contributed by atoms with Crippen LogP contribution >= 0.6 is 15.9 Å². The molecule has 2 atom stereocenters. The molecule has 1 fully saturated rings. The van der Waals surface area contributed by atoms with Crippen LogP contribution in [0.3, 0.4) is 0 Å². The average molecular weight is 561 g/mol. The van der Waals surface area contributed by atoms with Crippen molar-refractivity contribution < 1.29 is 31.3 Å². The van der Waals surface area contributed by atoms with Crippen LogP contribution in [-0.4, -0.2) is 66.2 Å². The van der Waals surface area contributed by atoms with Gasteiger partial charge < -0.3 is 9.64 Å². The molecular formula is C23H27BrF2N2O5S. The molecule has 1 heterocycles. The number of ether oxygens (including phenoxy) is 1. The summed E-state index contributed by atoms with van der Waals surface area (Å²) in [4.78, 5) is 16.8. The quantitative estimate of drug-likeness (QED) is 0.496. The lowest BCUT2D eigenvalue weighted by Crippen LogP contribution is -2.58. The zero-order valence-corrected chi connectivity index (χ0v) is 21.3. The molecule has 0 aliphatic carbocycles.